The summed E-state index contributed by atoms with van der Waals surface area (Å²) < 4.78 is 0. The highest BCUT2D eigenvalue weighted by Gasteiger charge is 2.19. The minimum absolute atomic E-state index is 0.664. The van der Waals surface area contributed by atoms with Crippen molar-refractivity contribution >= 4 is 27.8 Å². The van der Waals surface area contributed by atoms with E-state index in [1.165, 1.54) is 53.7 Å². The molecule has 1 aromatic heterocycles. The summed E-state index contributed by atoms with van der Waals surface area (Å²) in [6.45, 7) is 0.970. The predicted octanol–water partition coefficient (Wildman–Crippen LogP) is 2.43. The van der Waals surface area contributed by atoms with Gasteiger partial charge in [-0.3, -0.25) is 10.3 Å². The van der Waals surface area contributed by atoms with E-state index in [2.05, 4.69) is 52.0 Å². The Kier molecular flexibility index (Phi) is 5.43. The van der Waals surface area contributed by atoms with Gasteiger partial charge in [-0.05, 0) is 55.3 Å². The summed E-state index contributed by atoms with van der Waals surface area (Å²) in [6.07, 6.45) is 12.1. The maximum atomic E-state index is 3.68. The van der Waals surface area contributed by atoms with Crippen LogP contribution in [0.4, 0.5) is 0 Å². The topological polar surface area (TPSA) is 41.8 Å². The third-order valence-corrected chi connectivity index (χ3v) is 5.17. The zero-order chi connectivity index (χ0) is 15.2. The number of thioether (sulfide) groups is 1. The van der Waals surface area contributed by atoms with E-state index in [4.69, 9.17) is 0 Å². The van der Waals surface area contributed by atoms with Crippen molar-refractivity contribution in [3.8, 4) is 0 Å². The smallest absolute Gasteiger partial charge is 0.303 e. The van der Waals surface area contributed by atoms with Gasteiger partial charge in [-0.1, -0.05) is 24.6 Å². The highest BCUT2D eigenvalue weighted by atomic mass is 32.2. The molecule has 1 aliphatic carbocycles. The van der Waals surface area contributed by atoms with Gasteiger partial charge in [-0.25, -0.2) is 0 Å². The van der Waals surface area contributed by atoms with Gasteiger partial charge in [0.15, 0.2) is 0 Å². The van der Waals surface area contributed by atoms with Crippen LogP contribution in [0.2, 0.25) is 0 Å². The number of H-pyrrole nitrogens is 1. The minimum atomic E-state index is 0.664. The van der Waals surface area contributed by atoms with Gasteiger partial charge in [-0.15, -0.1) is 0 Å². The van der Waals surface area contributed by atoms with Gasteiger partial charge in [0, 0.05) is 23.5 Å². The van der Waals surface area contributed by atoms with Crippen molar-refractivity contribution in [2.75, 3.05) is 12.8 Å². The second kappa shape index (κ2) is 7.73. The molecule has 2 aromatic rings. The molecule has 1 fully saturated rings. The lowest BCUT2D eigenvalue weighted by molar-refractivity contribution is -0.455. The lowest BCUT2D eigenvalue weighted by Crippen LogP contribution is -2.76. The molecule has 0 amide bonds. The number of fused-ring (bicyclic) bond motifs is 1. The first-order chi connectivity index (χ1) is 10.9. The first-order valence-electron chi connectivity index (χ1n) is 8.33. The molecule has 1 saturated carbocycles. The van der Waals surface area contributed by atoms with Crippen LogP contribution in [0.5, 0.6) is 0 Å². The summed E-state index contributed by atoms with van der Waals surface area (Å²) in [4.78, 5) is 6.92. The molecule has 22 heavy (non-hydrogen) atoms. The van der Waals surface area contributed by atoms with Crippen molar-refractivity contribution in [2.24, 2.45) is 0 Å². The normalized spacial score (nSPS) is 17.0. The number of benzene rings is 1. The van der Waals surface area contributed by atoms with Gasteiger partial charge in [0.2, 0.25) is 0 Å². The first-order valence-corrected chi connectivity index (χ1v) is 9.55. The Bertz CT molecular complexity index is 626. The Labute approximate surface area is 137 Å². The fourth-order valence-electron chi connectivity index (χ4n) is 3.26. The summed E-state index contributed by atoms with van der Waals surface area (Å²) in [6, 6.07) is 9.18. The van der Waals surface area contributed by atoms with E-state index >= 15 is 0 Å². The molecule has 1 aliphatic rings. The third kappa shape index (κ3) is 3.86. The third-order valence-electron chi connectivity index (χ3n) is 4.50. The van der Waals surface area contributed by atoms with Gasteiger partial charge < -0.3 is 4.98 Å². The van der Waals surface area contributed by atoms with Crippen LogP contribution >= 0.6 is 11.8 Å². The number of para-hydroxylation sites is 1. The molecule has 1 aromatic carbocycles. The summed E-state index contributed by atoms with van der Waals surface area (Å²) in [5.74, 6) is 0. The summed E-state index contributed by atoms with van der Waals surface area (Å²) in [5.41, 5.74) is 2.62. The standard InChI is InChI=1S/C18H25N3S/c1-22-18(21-15-7-3-2-4-8-15)19-12-11-14-13-20-17-10-6-5-9-16(14)17/h5-6,9-10,13,15,20H,2-4,7-8,11-12H2,1H3,(H,19,21)/p+1. The number of nitrogens with one attached hydrogen (secondary N) is 3. The van der Waals surface area contributed by atoms with Crippen LogP contribution in [0.1, 0.15) is 37.7 Å². The van der Waals surface area contributed by atoms with Crippen LogP contribution in [-0.4, -0.2) is 29.0 Å². The molecular weight excluding hydrogens is 290 g/mol. The van der Waals surface area contributed by atoms with Gasteiger partial charge in [0.1, 0.15) is 0 Å². The van der Waals surface area contributed by atoms with Gasteiger partial charge in [0.25, 0.3) is 0 Å². The van der Waals surface area contributed by atoms with Crippen LogP contribution in [0.25, 0.3) is 10.9 Å². The van der Waals surface area contributed by atoms with E-state index in [9.17, 15) is 0 Å². The largest absolute Gasteiger partial charge is 0.361 e. The van der Waals surface area contributed by atoms with Crippen LogP contribution in [0, 0.1) is 0 Å². The average molecular weight is 316 g/mol. The molecule has 3 rings (SSSR count). The predicted molar refractivity (Wildman–Crippen MR) is 96.4 cm³/mol. The van der Waals surface area contributed by atoms with Gasteiger partial charge in [0.05, 0.1) is 12.6 Å². The highest BCUT2D eigenvalue weighted by molar-refractivity contribution is 8.12. The molecule has 3 N–H and O–H groups in total. The van der Waals surface area contributed by atoms with E-state index in [0.717, 1.165) is 13.0 Å². The van der Waals surface area contributed by atoms with Crippen molar-refractivity contribution in [2.45, 2.75) is 44.6 Å². The van der Waals surface area contributed by atoms with E-state index in [-0.39, 0.29) is 0 Å². The molecule has 0 atom stereocenters. The number of hydrogen-bond donors (Lipinski definition) is 3. The Hall–Kier alpha value is -1.42. The van der Waals surface area contributed by atoms with E-state index < -0.39 is 0 Å². The second-order valence-corrected chi connectivity index (χ2v) is 6.87. The molecule has 0 unspecified atom stereocenters. The summed E-state index contributed by atoms with van der Waals surface area (Å²) >= 11 is 1.79. The Balaban J connectivity index is 1.57. The number of hydrogen-bond acceptors (Lipinski definition) is 1. The van der Waals surface area contributed by atoms with Crippen molar-refractivity contribution < 1.29 is 4.99 Å². The number of rotatable bonds is 4. The van der Waals surface area contributed by atoms with E-state index in [1.54, 1.807) is 11.8 Å². The fraction of sp³-hybridized carbons (Fsp3) is 0.500. The number of aromatic nitrogens is 1. The second-order valence-electron chi connectivity index (χ2n) is 6.05. The molecule has 118 valence electrons. The summed E-state index contributed by atoms with van der Waals surface area (Å²) in [7, 11) is 0. The average Bonchev–Trinajstić information content (AvgIpc) is 2.98. The number of aromatic amines is 1. The monoisotopic (exact) mass is 316 g/mol. The fourth-order valence-corrected chi connectivity index (χ4v) is 3.79. The first kappa shape index (κ1) is 15.5. The Morgan fingerprint density at radius 1 is 1.27 bits per heavy atom. The molecule has 0 saturated heterocycles. The van der Waals surface area contributed by atoms with Gasteiger partial charge in [-0.2, -0.15) is 0 Å². The molecule has 0 bridgehead atoms. The maximum absolute atomic E-state index is 3.68. The zero-order valence-corrected chi connectivity index (χ0v) is 14.1. The van der Waals surface area contributed by atoms with Crippen LogP contribution in [0.3, 0.4) is 0 Å². The van der Waals surface area contributed by atoms with Gasteiger partial charge >= 0.3 is 5.17 Å². The molecule has 0 spiro atoms. The molecule has 1 heterocycles. The Morgan fingerprint density at radius 2 is 2.09 bits per heavy atom. The van der Waals surface area contributed by atoms with E-state index in [1.807, 2.05) is 0 Å². The van der Waals surface area contributed by atoms with Crippen molar-refractivity contribution in [3.05, 3.63) is 36.0 Å². The minimum Gasteiger partial charge on any atom is -0.361 e. The lowest BCUT2D eigenvalue weighted by Gasteiger charge is -2.19. The van der Waals surface area contributed by atoms with Crippen LogP contribution in [-0.2, 0) is 6.42 Å². The molecule has 0 aliphatic heterocycles. The number of amidine groups is 1. The van der Waals surface area contributed by atoms with Crippen LogP contribution < -0.4 is 10.3 Å². The quantitative estimate of drug-likeness (QED) is 0.599. The Morgan fingerprint density at radius 3 is 2.91 bits per heavy atom. The van der Waals surface area contributed by atoms with Crippen molar-refractivity contribution in [1.82, 2.24) is 10.3 Å². The highest BCUT2D eigenvalue weighted by Crippen LogP contribution is 2.18. The lowest BCUT2D eigenvalue weighted by atomic mass is 9.96. The van der Waals surface area contributed by atoms with Crippen molar-refractivity contribution in [3.63, 3.8) is 0 Å². The van der Waals surface area contributed by atoms with Crippen LogP contribution in [0.15, 0.2) is 30.5 Å². The molecule has 4 heteroatoms. The SMILES string of the molecule is CSC(NC1CCCCC1)=[NH+]CCc1c[nH]c2ccccc12. The maximum Gasteiger partial charge on any atom is 0.303 e. The van der Waals surface area contributed by atoms with E-state index in [0.29, 0.717) is 6.04 Å². The zero-order valence-electron chi connectivity index (χ0n) is 13.3. The van der Waals surface area contributed by atoms with Crippen molar-refractivity contribution in [1.29, 1.82) is 0 Å². The summed E-state index contributed by atoms with van der Waals surface area (Å²) in [5, 5.41) is 6.25. The molecule has 0 radical (unpaired) electrons. The molecule has 3 nitrogen and oxygen atoms in total. The molecular formula is C18H26N3S+.